The quantitative estimate of drug-likeness (QED) is 0.781. The molecule has 2 fully saturated rings. The van der Waals surface area contributed by atoms with Crippen molar-refractivity contribution in [2.75, 3.05) is 0 Å². The summed E-state index contributed by atoms with van der Waals surface area (Å²) < 4.78 is 0. The van der Waals surface area contributed by atoms with Crippen LogP contribution in [-0.2, 0) is 16.1 Å². The third kappa shape index (κ3) is 2.37. The highest BCUT2D eigenvalue weighted by atomic mass is 35.5. The maximum Gasteiger partial charge on any atom is 0.232 e. The predicted octanol–water partition coefficient (Wildman–Crippen LogP) is 2.41. The van der Waals surface area contributed by atoms with Crippen molar-refractivity contribution < 1.29 is 9.59 Å². The molecule has 2 unspecified atom stereocenters. The Kier molecular flexibility index (Phi) is 3.27. The normalized spacial score (nSPS) is 26.7. The molecule has 2 aliphatic rings. The highest BCUT2D eigenvalue weighted by Gasteiger charge is 2.42. The van der Waals surface area contributed by atoms with Crippen molar-refractivity contribution in [3.05, 3.63) is 29.0 Å². The highest BCUT2D eigenvalue weighted by Crippen LogP contribution is 2.36. The Labute approximate surface area is 116 Å². The minimum Gasteiger partial charge on any atom is -0.276 e. The van der Waals surface area contributed by atoms with Crippen LogP contribution in [0.15, 0.2) is 18.3 Å². The first-order valence-corrected chi connectivity index (χ1v) is 6.98. The molecule has 0 aromatic carbocycles. The molecule has 4 nitrogen and oxygen atoms in total. The Balaban J connectivity index is 1.83. The van der Waals surface area contributed by atoms with Gasteiger partial charge in [-0.25, -0.2) is 0 Å². The average Bonchev–Trinajstić information content (AvgIpc) is 2.42. The van der Waals surface area contributed by atoms with E-state index in [1.165, 1.54) is 4.90 Å². The van der Waals surface area contributed by atoms with E-state index in [2.05, 4.69) is 4.98 Å². The molecule has 5 heteroatoms. The molecular formula is C14H15ClN2O2. The molecule has 1 aromatic heterocycles. The van der Waals surface area contributed by atoms with E-state index in [1.807, 2.05) is 0 Å². The number of aromatic nitrogens is 1. The SMILES string of the molecule is O=C1C2CCCC(C2)C(=O)N1Cc1cc(Cl)ccn1. The van der Waals surface area contributed by atoms with E-state index < -0.39 is 0 Å². The van der Waals surface area contributed by atoms with Crippen LogP contribution in [0.2, 0.25) is 5.02 Å². The fourth-order valence-electron chi connectivity index (χ4n) is 3.04. The van der Waals surface area contributed by atoms with Crippen LogP contribution in [0.3, 0.4) is 0 Å². The number of hydrogen-bond donors (Lipinski definition) is 0. The largest absolute Gasteiger partial charge is 0.276 e. The summed E-state index contributed by atoms with van der Waals surface area (Å²) in [5.41, 5.74) is 0.661. The zero-order chi connectivity index (χ0) is 13.4. The number of imide groups is 1. The second-order valence-electron chi connectivity index (χ2n) is 5.29. The lowest BCUT2D eigenvalue weighted by Gasteiger charge is -2.38. The van der Waals surface area contributed by atoms with Gasteiger partial charge >= 0.3 is 0 Å². The third-order valence-electron chi connectivity index (χ3n) is 4.00. The monoisotopic (exact) mass is 278 g/mol. The van der Waals surface area contributed by atoms with Gasteiger partial charge in [-0.2, -0.15) is 0 Å². The molecule has 0 radical (unpaired) electrons. The highest BCUT2D eigenvalue weighted by molar-refractivity contribution is 6.30. The molecule has 0 N–H and O–H groups in total. The molecule has 19 heavy (non-hydrogen) atoms. The molecule has 100 valence electrons. The van der Waals surface area contributed by atoms with Gasteiger partial charge in [0.25, 0.3) is 0 Å². The van der Waals surface area contributed by atoms with Crippen molar-refractivity contribution in [2.24, 2.45) is 11.8 Å². The smallest absolute Gasteiger partial charge is 0.232 e. The fraction of sp³-hybridized carbons (Fsp3) is 0.500. The minimum absolute atomic E-state index is 0.0237. The summed E-state index contributed by atoms with van der Waals surface area (Å²) in [5, 5.41) is 0.571. The summed E-state index contributed by atoms with van der Waals surface area (Å²) in [6.07, 6.45) is 5.12. The van der Waals surface area contributed by atoms with Gasteiger partial charge in [-0.15, -0.1) is 0 Å². The van der Waals surface area contributed by atoms with Crippen molar-refractivity contribution >= 4 is 23.4 Å². The van der Waals surface area contributed by atoms with Gasteiger partial charge in [-0.1, -0.05) is 18.0 Å². The first-order valence-electron chi connectivity index (χ1n) is 6.61. The maximum atomic E-state index is 12.3. The first kappa shape index (κ1) is 12.6. The van der Waals surface area contributed by atoms with E-state index in [4.69, 9.17) is 11.6 Å². The van der Waals surface area contributed by atoms with Crippen LogP contribution >= 0.6 is 11.6 Å². The number of likely N-dealkylation sites (tertiary alicyclic amines) is 1. The van der Waals surface area contributed by atoms with E-state index in [0.29, 0.717) is 10.7 Å². The van der Waals surface area contributed by atoms with Gasteiger partial charge < -0.3 is 0 Å². The Morgan fingerprint density at radius 1 is 1.26 bits per heavy atom. The molecule has 2 amide bonds. The number of fused-ring (bicyclic) bond motifs is 2. The number of nitrogens with zero attached hydrogens (tertiary/aromatic N) is 2. The van der Waals surface area contributed by atoms with Crippen LogP contribution in [-0.4, -0.2) is 21.7 Å². The standard InChI is InChI=1S/C14H15ClN2O2/c15-11-4-5-16-12(7-11)8-17-13(18)9-2-1-3-10(6-9)14(17)19/h4-5,7,9-10H,1-3,6,8H2. The molecule has 3 rings (SSSR count). The van der Waals surface area contributed by atoms with Gasteiger partial charge in [0.05, 0.1) is 12.2 Å². The maximum absolute atomic E-state index is 12.3. The number of amides is 2. The number of hydrogen-bond acceptors (Lipinski definition) is 3. The lowest BCUT2D eigenvalue weighted by atomic mass is 9.77. The van der Waals surface area contributed by atoms with Crippen LogP contribution in [0.4, 0.5) is 0 Å². The molecule has 1 aliphatic carbocycles. The molecule has 2 heterocycles. The first-order chi connectivity index (χ1) is 9.15. The molecule has 1 saturated carbocycles. The summed E-state index contributed by atoms with van der Waals surface area (Å²) in [4.78, 5) is 30.1. The minimum atomic E-state index is -0.0391. The number of pyridine rings is 1. The Morgan fingerprint density at radius 3 is 2.58 bits per heavy atom. The van der Waals surface area contributed by atoms with Crippen molar-refractivity contribution in [1.29, 1.82) is 0 Å². The topological polar surface area (TPSA) is 50.3 Å². The molecule has 1 aromatic rings. The Morgan fingerprint density at radius 2 is 1.95 bits per heavy atom. The molecular weight excluding hydrogens is 264 g/mol. The van der Waals surface area contributed by atoms with Crippen LogP contribution in [0.25, 0.3) is 0 Å². The fourth-order valence-corrected chi connectivity index (χ4v) is 3.22. The second-order valence-corrected chi connectivity index (χ2v) is 5.72. The zero-order valence-corrected chi connectivity index (χ0v) is 11.3. The summed E-state index contributed by atoms with van der Waals surface area (Å²) in [7, 11) is 0. The van der Waals surface area contributed by atoms with Gasteiger partial charge in [0.2, 0.25) is 11.8 Å². The van der Waals surface area contributed by atoms with Crippen LogP contribution in [0.5, 0.6) is 0 Å². The zero-order valence-electron chi connectivity index (χ0n) is 10.5. The molecule has 1 aliphatic heterocycles. The van der Waals surface area contributed by atoms with Crippen molar-refractivity contribution in [1.82, 2.24) is 9.88 Å². The van der Waals surface area contributed by atoms with Crippen LogP contribution in [0.1, 0.15) is 31.4 Å². The summed E-state index contributed by atoms with van der Waals surface area (Å²) in [6, 6.07) is 3.38. The second kappa shape index (κ2) is 4.93. The molecule has 1 saturated heterocycles. The molecule has 2 atom stereocenters. The lowest BCUT2D eigenvalue weighted by Crippen LogP contribution is -2.50. The molecule has 2 bridgehead atoms. The number of piperidine rings is 1. The summed E-state index contributed by atoms with van der Waals surface area (Å²) in [5.74, 6) is -0.0308. The van der Waals surface area contributed by atoms with Gasteiger partial charge in [0.1, 0.15) is 0 Å². The Hall–Kier alpha value is -1.42. The van der Waals surface area contributed by atoms with Crippen molar-refractivity contribution in [3.8, 4) is 0 Å². The van der Waals surface area contributed by atoms with Crippen molar-refractivity contribution in [3.63, 3.8) is 0 Å². The van der Waals surface area contributed by atoms with Gasteiger partial charge in [-0.05, 0) is 31.4 Å². The van der Waals surface area contributed by atoms with Crippen molar-refractivity contribution in [2.45, 2.75) is 32.2 Å². The summed E-state index contributed by atoms with van der Waals surface area (Å²) >= 11 is 5.90. The number of halogens is 1. The van der Waals surface area contributed by atoms with Crippen LogP contribution in [0, 0.1) is 11.8 Å². The van der Waals surface area contributed by atoms with E-state index in [1.54, 1.807) is 18.3 Å². The summed E-state index contributed by atoms with van der Waals surface area (Å²) in [6.45, 7) is 0.241. The number of rotatable bonds is 2. The number of carbonyl (C=O) groups excluding carboxylic acids is 2. The van der Waals surface area contributed by atoms with Gasteiger partial charge in [0, 0.05) is 23.1 Å². The van der Waals surface area contributed by atoms with E-state index >= 15 is 0 Å². The number of carbonyl (C=O) groups is 2. The lowest BCUT2D eigenvalue weighted by molar-refractivity contribution is -0.158. The van der Waals surface area contributed by atoms with E-state index in [0.717, 1.165) is 25.7 Å². The molecule has 0 spiro atoms. The van der Waals surface area contributed by atoms with Crippen LogP contribution < -0.4 is 0 Å². The predicted molar refractivity (Wildman–Crippen MR) is 70.3 cm³/mol. The van der Waals surface area contributed by atoms with Gasteiger partial charge in [0.15, 0.2) is 0 Å². The van der Waals surface area contributed by atoms with Gasteiger partial charge in [-0.3, -0.25) is 19.5 Å². The average molecular weight is 279 g/mol. The van der Waals surface area contributed by atoms with E-state index in [9.17, 15) is 9.59 Å². The Bertz CT molecular complexity index is 510. The third-order valence-corrected chi connectivity index (χ3v) is 4.24. The van der Waals surface area contributed by atoms with E-state index in [-0.39, 0.29) is 30.2 Å².